The molecule has 8 heteroatoms. The fourth-order valence-electron chi connectivity index (χ4n) is 0.393. The molecule has 1 aromatic heterocycles. The number of nitrogens with zero attached hydrogens (tertiary/aromatic N) is 3. The summed E-state index contributed by atoms with van der Waals surface area (Å²) in [6, 6.07) is 1.52. The van der Waals surface area contributed by atoms with E-state index in [9.17, 15) is 4.79 Å². The highest BCUT2D eigenvalue weighted by molar-refractivity contribution is 5.90. The molecule has 1 aromatic rings. The van der Waals surface area contributed by atoms with Crippen LogP contribution in [0.3, 0.4) is 0 Å². The minimum Gasteiger partial charge on any atom is -0.364 e. The molecule has 1 amide bonds. The zero-order chi connectivity index (χ0) is 9.40. The molecule has 8 nitrogen and oxygen atoms in total. The molecule has 0 aliphatic heterocycles. The first-order valence-electron chi connectivity index (χ1n) is 2.81. The molecule has 7 N–H and O–H groups in total. The van der Waals surface area contributed by atoms with Crippen molar-refractivity contribution in [2.24, 2.45) is 27.9 Å². The summed E-state index contributed by atoms with van der Waals surface area (Å²) in [5.41, 5.74) is 5.19. The van der Waals surface area contributed by atoms with Crippen LogP contribution in [0.1, 0.15) is 10.5 Å². The van der Waals surface area contributed by atoms with E-state index in [0.717, 1.165) is 0 Å². The van der Waals surface area contributed by atoms with E-state index in [1.54, 1.807) is 0 Å². The van der Waals surface area contributed by atoms with E-state index in [4.69, 9.17) is 5.73 Å². The van der Waals surface area contributed by atoms with Crippen molar-refractivity contribution in [2.45, 2.75) is 0 Å². The number of nitrogens with one attached hydrogen (secondary N) is 1. The smallest absolute Gasteiger partial charge is 0.266 e. The lowest BCUT2D eigenvalue weighted by atomic mass is 10.4. The highest BCUT2D eigenvalue weighted by Crippen LogP contribution is 1.85. The van der Waals surface area contributed by atoms with E-state index >= 15 is 0 Å². The topological polar surface area (TPSA) is 149 Å². The molecule has 1 rings (SSSR count). The largest absolute Gasteiger partial charge is 0.364 e. The molecule has 0 unspecified atom stereocenters. The van der Waals surface area contributed by atoms with Crippen molar-refractivity contribution in [3.8, 4) is 0 Å². The second kappa shape index (κ2) is 5.65. The van der Waals surface area contributed by atoms with Crippen LogP contribution in [-0.2, 0) is 0 Å². The maximum atomic E-state index is 10.2. The number of aromatic amines is 1. The molecule has 0 bridgehead atoms. The van der Waals surface area contributed by atoms with Gasteiger partial charge in [0.25, 0.3) is 5.91 Å². The van der Waals surface area contributed by atoms with E-state index in [2.05, 4.69) is 32.3 Å². The van der Waals surface area contributed by atoms with Gasteiger partial charge in [0.15, 0.2) is 0 Å². The number of nitrogens with two attached hydrogens (primary N) is 3. The molecular weight excluding hydrogens is 162 g/mol. The van der Waals surface area contributed by atoms with Gasteiger partial charge in [0, 0.05) is 6.20 Å². The van der Waals surface area contributed by atoms with Gasteiger partial charge >= 0.3 is 0 Å². The second-order valence-corrected chi connectivity index (χ2v) is 1.57. The first-order valence-corrected chi connectivity index (χ1v) is 2.81. The van der Waals surface area contributed by atoms with Gasteiger partial charge < -0.3 is 17.4 Å². The lowest BCUT2D eigenvalue weighted by Gasteiger charge is -1.80. The van der Waals surface area contributed by atoms with Crippen LogP contribution in [0.5, 0.6) is 0 Å². The molecule has 0 saturated heterocycles. The quantitative estimate of drug-likeness (QED) is 0.236. The Morgan fingerprint density at radius 1 is 1.50 bits per heavy atom. The normalized spacial score (nSPS) is 9.00. The molecular formula is C4H9N7O. The summed E-state index contributed by atoms with van der Waals surface area (Å²) in [6.07, 6.45) is 1.47. The predicted octanol–water partition coefficient (Wildman–Crippen LogP) is -1.31. The Morgan fingerprint density at radius 2 is 2.08 bits per heavy atom. The number of hydrogen-bond acceptors (Lipinski definition) is 4. The van der Waals surface area contributed by atoms with Gasteiger partial charge in [-0.1, -0.05) is 10.4 Å². The molecule has 0 aliphatic rings. The number of hydrogen-bond donors (Lipinski definition) is 4. The van der Waals surface area contributed by atoms with Crippen LogP contribution < -0.4 is 17.4 Å². The van der Waals surface area contributed by atoms with Crippen molar-refractivity contribution in [1.29, 1.82) is 0 Å². The molecule has 66 valence electrons. The van der Waals surface area contributed by atoms with Crippen molar-refractivity contribution in [3.05, 3.63) is 18.0 Å². The van der Waals surface area contributed by atoms with Crippen LogP contribution in [0, 0.1) is 0 Å². The van der Waals surface area contributed by atoms with Crippen LogP contribution in [0.2, 0.25) is 0 Å². The molecule has 0 fully saturated rings. The van der Waals surface area contributed by atoms with Crippen LogP contribution in [-0.4, -0.2) is 16.1 Å². The first kappa shape index (κ1) is 9.88. The highest BCUT2D eigenvalue weighted by atomic mass is 16.1. The summed E-state index contributed by atoms with van der Waals surface area (Å²) in [6.45, 7) is 0. The Balaban J connectivity index is 0.000000261. The van der Waals surface area contributed by atoms with Gasteiger partial charge in [-0.25, -0.2) is 0 Å². The molecule has 0 spiro atoms. The third kappa shape index (κ3) is 3.82. The van der Waals surface area contributed by atoms with Gasteiger partial charge in [0.2, 0.25) is 0 Å². The van der Waals surface area contributed by atoms with Gasteiger partial charge in [-0.2, -0.15) is 5.10 Å². The van der Waals surface area contributed by atoms with Gasteiger partial charge in [-0.15, -0.1) is 0 Å². The standard InChI is InChI=1S/C4H5N3O.H4N4/c5-4(8)3-1-2-6-7-3;1-3-4-2/h1-2H,(H2,5,8)(H,6,7);(H2,1,4)(H2,2,3). The fourth-order valence-corrected chi connectivity index (χ4v) is 0.393. The van der Waals surface area contributed by atoms with Crippen molar-refractivity contribution in [2.75, 3.05) is 0 Å². The van der Waals surface area contributed by atoms with Crippen molar-refractivity contribution >= 4 is 5.91 Å². The third-order valence-corrected chi connectivity index (χ3v) is 0.833. The van der Waals surface area contributed by atoms with Crippen LogP contribution >= 0.6 is 0 Å². The monoisotopic (exact) mass is 171 g/mol. The zero-order valence-corrected chi connectivity index (χ0v) is 6.14. The van der Waals surface area contributed by atoms with E-state index in [0.29, 0.717) is 5.69 Å². The molecule has 12 heavy (non-hydrogen) atoms. The minimum absolute atomic E-state index is 0.338. The number of amides is 1. The first-order chi connectivity index (χ1) is 5.72. The van der Waals surface area contributed by atoms with Crippen LogP contribution in [0.25, 0.3) is 0 Å². The van der Waals surface area contributed by atoms with Gasteiger partial charge in [-0.3, -0.25) is 9.89 Å². The van der Waals surface area contributed by atoms with Crippen molar-refractivity contribution < 1.29 is 4.79 Å². The Morgan fingerprint density at radius 3 is 2.25 bits per heavy atom. The Kier molecular flexibility index (Phi) is 4.65. The van der Waals surface area contributed by atoms with Gasteiger partial charge in [0.1, 0.15) is 5.69 Å². The minimum atomic E-state index is -0.484. The van der Waals surface area contributed by atoms with Crippen LogP contribution in [0.15, 0.2) is 22.7 Å². The number of rotatable bonds is 1. The van der Waals surface area contributed by atoms with E-state index in [1.807, 2.05) is 0 Å². The average molecular weight is 171 g/mol. The van der Waals surface area contributed by atoms with Gasteiger partial charge in [-0.05, 0) is 6.07 Å². The van der Waals surface area contributed by atoms with Gasteiger partial charge in [0.05, 0.1) is 0 Å². The maximum Gasteiger partial charge on any atom is 0.266 e. The number of aromatic nitrogens is 2. The van der Waals surface area contributed by atoms with E-state index in [-0.39, 0.29) is 0 Å². The van der Waals surface area contributed by atoms with Crippen LogP contribution in [0.4, 0.5) is 0 Å². The number of carbonyl (C=O) groups is 1. The molecule has 0 aromatic carbocycles. The number of carbonyl (C=O) groups excluding carboxylic acids is 1. The summed E-state index contributed by atoms with van der Waals surface area (Å²) >= 11 is 0. The molecule has 0 atom stereocenters. The average Bonchev–Trinajstić information content (AvgIpc) is 2.57. The number of H-pyrrole nitrogens is 1. The molecule has 0 aliphatic carbocycles. The predicted molar refractivity (Wildman–Crippen MR) is 40.3 cm³/mol. The molecule has 1 heterocycles. The highest BCUT2D eigenvalue weighted by Gasteiger charge is 1.96. The summed E-state index contributed by atoms with van der Waals surface area (Å²) in [7, 11) is 0. The Labute approximate surface area is 67.8 Å². The third-order valence-electron chi connectivity index (χ3n) is 0.833. The summed E-state index contributed by atoms with van der Waals surface area (Å²) in [4.78, 5) is 10.2. The maximum absolute atomic E-state index is 10.2. The lowest BCUT2D eigenvalue weighted by molar-refractivity contribution is 0.0995. The lowest BCUT2D eigenvalue weighted by Crippen LogP contribution is -2.10. The van der Waals surface area contributed by atoms with E-state index < -0.39 is 5.91 Å². The fraction of sp³-hybridized carbons (Fsp3) is 0. The summed E-state index contributed by atoms with van der Waals surface area (Å²) in [5, 5.41) is 11.2. The number of primary amides is 1. The summed E-state index contributed by atoms with van der Waals surface area (Å²) < 4.78 is 0. The molecule has 0 saturated carbocycles. The van der Waals surface area contributed by atoms with E-state index in [1.165, 1.54) is 12.3 Å². The van der Waals surface area contributed by atoms with Crippen molar-refractivity contribution in [3.63, 3.8) is 0 Å². The molecule has 0 radical (unpaired) electrons. The SMILES string of the molecule is NC(=O)c1ccn[nH]1.NN=NN. The Hall–Kier alpha value is -2.12. The Bertz CT molecular complexity index is 236. The second-order valence-electron chi connectivity index (χ2n) is 1.57. The summed E-state index contributed by atoms with van der Waals surface area (Å²) in [5.74, 6) is 8.24. The zero-order valence-electron chi connectivity index (χ0n) is 6.14. The van der Waals surface area contributed by atoms with Crippen molar-refractivity contribution in [1.82, 2.24) is 10.2 Å².